The van der Waals surface area contributed by atoms with Crippen LogP contribution in [0.2, 0.25) is 4.34 Å². The van der Waals surface area contributed by atoms with Gasteiger partial charge in [-0.1, -0.05) is 42.2 Å². The van der Waals surface area contributed by atoms with Gasteiger partial charge < -0.3 is 10.6 Å². The molecule has 2 aromatic heterocycles. The Labute approximate surface area is 205 Å². The molecule has 2 saturated carbocycles. The van der Waals surface area contributed by atoms with Gasteiger partial charge in [0.25, 0.3) is 11.5 Å². The van der Waals surface area contributed by atoms with E-state index in [1.54, 1.807) is 24.4 Å². The second kappa shape index (κ2) is 9.84. The fourth-order valence-corrected chi connectivity index (χ4v) is 5.33. The number of benzene rings is 1. The van der Waals surface area contributed by atoms with Gasteiger partial charge in [-0.25, -0.2) is 9.97 Å². The molecule has 2 heterocycles. The molecule has 2 N–H and O–H groups in total. The Morgan fingerprint density at radius 2 is 1.94 bits per heavy atom. The van der Waals surface area contributed by atoms with Gasteiger partial charge in [-0.15, -0.1) is 0 Å². The van der Waals surface area contributed by atoms with Crippen molar-refractivity contribution in [3.05, 3.63) is 51.0 Å². The minimum atomic E-state index is -0.715. The van der Waals surface area contributed by atoms with E-state index in [-0.39, 0.29) is 35.8 Å². The van der Waals surface area contributed by atoms with Gasteiger partial charge in [0, 0.05) is 24.1 Å². The maximum absolute atomic E-state index is 13.5. The molecule has 2 aliphatic rings. The fraction of sp³-hybridized carbons (Fsp3) is 0.458. The van der Waals surface area contributed by atoms with Crippen molar-refractivity contribution in [3.8, 4) is 0 Å². The highest BCUT2D eigenvalue weighted by Crippen LogP contribution is 2.29. The van der Waals surface area contributed by atoms with Crippen LogP contribution in [0.1, 0.15) is 61.3 Å². The van der Waals surface area contributed by atoms with Crippen molar-refractivity contribution in [2.45, 2.75) is 57.0 Å². The van der Waals surface area contributed by atoms with Gasteiger partial charge in [-0.2, -0.15) is 0 Å². The maximum atomic E-state index is 13.5. The number of amides is 1. The Hall–Kier alpha value is -2.78. The van der Waals surface area contributed by atoms with Gasteiger partial charge in [0.1, 0.15) is 10.4 Å². The molecule has 1 unspecified atom stereocenters. The maximum Gasteiger partial charge on any atom is 0.261 e. The lowest BCUT2D eigenvalue weighted by molar-refractivity contribution is -0.126. The summed E-state index contributed by atoms with van der Waals surface area (Å²) in [5, 5.41) is 7.09. The number of thiazole rings is 1. The third kappa shape index (κ3) is 5.00. The molecular formula is C24H26ClN5O3S. The number of rotatable bonds is 8. The van der Waals surface area contributed by atoms with E-state index in [9.17, 15) is 14.4 Å². The van der Waals surface area contributed by atoms with E-state index in [0.717, 1.165) is 44.9 Å². The van der Waals surface area contributed by atoms with Crippen LogP contribution in [-0.4, -0.2) is 38.8 Å². The highest BCUT2D eigenvalue weighted by atomic mass is 35.5. The molecule has 0 bridgehead atoms. The first-order chi connectivity index (χ1) is 16.5. The molecule has 34 heavy (non-hydrogen) atoms. The average molecular weight is 500 g/mol. The van der Waals surface area contributed by atoms with Gasteiger partial charge in [-0.05, 0) is 43.9 Å². The molecule has 2 fully saturated rings. The van der Waals surface area contributed by atoms with Crippen molar-refractivity contribution in [1.82, 2.24) is 19.9 Å². The SMILES string of the molecule is O=C(NC1CC1)c1ccc2c(=O)n(C(CNc3ncc(Cl)s3)C(=O)C3CCCCC3)cnc2c1. The summed E-state index contributed by atoms with van der Waals surface area (Å²) < 4.78 is 1.97. The Bertz CT molecular complexity index is 1280. The second-order valence-corrected chi connectivity index (χ2v) is 10.7. The van der Waals surface area contributed by atoms with Crippen molar-refractivity contribution in [2.24, 2.45) is 5.92 Å². The van der Waals surface area contributed by atoms with Gasteiger partial charge >= 0.3 is 0 Å². The molecule has 0 radical (unpaired) electrons. The summed E-state index contributed by atoms with van der Waals surface area (Å²) in [4.78, 5) is 48.0. The van der Waals surface area contributed by atoms with Crippen molar-refractivity contribution >= 4 is 50.7 Å². The number of ketones is 1. The van der Waals surface area contributed by atoms with Gasteiger partial charge in [-0.3, -0.25) is 19.0 Å². The standard InChI is InChI=1S/C24H26ClN5O3S/c25-20-12-27-24(34-20)26-11-19(21(31)14-4-2-1-3-5-14)30-13-28-18-10-15(6-9-17(18)23(30)33)22(32)29-16-7-8-16/h6,9-10,12-14,16,19H,1-5,7-8,11H2,(H,26,27)(H,29,32). The number of carbonyl (C=O) groups excluding carboxylic acids is 2. The molecular weight excluding hydrogens is 474 g/mol. The lowest BCUT2D eigenvalue weighted by atomic mass is 9.83. The van der Waals surface area contributed by atoms with E-state index in [1.165, 1.54) is 22.2 Å². The van der Waals surface area contributed by atoms with Crippen LogP contribution in [0.4, 0.5) is 5.13 Å². The molecule has 2 aliphatic carbocycles. The fourth-order valence-electron chi connectivity index (χ4n) is 4.51. The normalized spacial score (nSPS) is 17.4. The van der Waals surface area contributed by atoms with Gasteiger partial charge in [0.2, 0.25) is 0 Å². The number of hydrogen-bond acceptors (Lipinski definition) is 7. The summed E-state index contributed by atoms with van der Waals surface area (Å²) in [5.41, 5.74) is 0.613. The van der Waals surface area contributed by atoms with E-state index in [1.807, 2.05) is 0 Å². The first-order valence-corrected chi connectivity index (χ1v) is 12.9. The monoisotopic (exact) mass is 499 g/mol. The molecule has 8 nitrogen and oxygen atoms in total. The molecule has 178 valence electrons. The Morgan fingerprint density at radius 1 is 1.15 bits per heavy atom. The van der Waals surface area contributed by atoms with Crippen LogP contribution in [0.3, 0.4) is 0 Å². The quantitative estimate of drug-likeness (QED) is 0.481. The largest absolute Gasteiger partial charge is 0.359 e. The number of Topliss-reactive ketones (excluding diaryl/α,β-unsaturated/α-hetero) is 1. The number of halogens is 1. The molecule has 0 spiro atoms. The lowest BCUT2D eigenvalue weighted by Gasteiger charge is -2.26. The zero-order valence-corrected chi connectivity index (χ0v) is 20.2. The van der Waals surface area contributed by atoms with Crippen LogP contribution >= 0.6 is 22.9 Å². The third-order valence-corrected chi connectivity index (χ3v) is 7.63. The lowest BCUT2D eigenvalue weighted by Crippen LogP contribution is -2.38. The van der Waals surface area contributed by atoms with Gasteiger partial charge in [0.15, 0.2) is 10.9 Å². The molecule has 3 aromatic rings. The Balaban J connectivity index is 1.45. The number of nitrogens with one attached hydrogen (secondary N) is 2. The summed E-state index contributed by atoms with van der Waals surface area (Å²) in [6, 6.07) is 4.43. The van der Waals surface area contributed by atoms with E-state index in [2.05, 4.69) is 20.6 Å². The number of aromatic nitrogens is 3. The number of hydrogen-bond donors (Lipinski definition) is 2. The van der Waals surface area contributed by atoms with E-state index in [0.29, 0.717) is 25.9 Å². The first-order valence-electron chi connectivity index (χ1n) is 11.7. The molecule has 0 saturated heterocycles. The smallest absolute Gasteiger partial charge is 0.261 e. The topological polar surface area (TPSA) is 106 Å². The minimum absolute atomic E-state index is 0.0403. The van der Waals surface area contributed by atoms with E-state index in [4.69, 9.17) is 11.6 Å². The molecule has 1 atom stereocenters. The van der Waals surface area contributed by atoms with Crippen LogP contribution < -0.4 is 16.2 Å². The van der Waals surface area contributed by atoms with Crippen LogP contribution in [-0.2, 0) is 4.79 Å². The van der Waals surface area contributed by atoms with E-state index < -0.39 is 6.04 Å². The van der Waals surface area contributed by atoms with Crippen LogP contribution in [0.5, 0.6) is 0 Å². The average Bonchev–Trinajstić information content (AvgIpc) is 3.58. The predicted octanol–water partition coefficient (Wildman–Crippen LogP) is 4.20. The number of carbonyl (C=O) groups is 2. The van der Waals surface area contributed by atoms with Crippen LogP contribution in [0, 0.1) is 5.92 Å². The minimum Gasteiger partial charge on any atom is -0.359 e. The van der Waals surface area contributed by atoms with Crippen LogP contribution in [0.25, 0.3) is 10.9 Å². The number of anilines is 1. The van der Waals surface area contributed by atoms with E-state index >= 15 is 0 Å². The zero-order valence-electron chi connectivity index (χ0n) is 18.6. The molecule has 5 rings (SSSR count). The van der Waals surface area contributed by atoms with Crippen molar-refractivity contribution in [3.63, 3.8) is 0 Å². The second-order valence-electron chi connectivity index (χ2n) is 9.04. The third-order valence-electron chi connectivity index (χ3n) is 6.55. The molecule has 0 aliphatic heterocycles. The predicted molar refractivity (Wildman–Crippen MR) is 133 cm³/mol. The number of nitrogens with zero attached hydrogens (tertiary/aromatic N) is 3. The number of fused-ring (bicyclic) bond motifs is 1. The molecule has 1 amide bonds. The van der Waals surface area contributed by atoms with Gasteiger partial charge in [0.05, 0.1) is 23.4 Å². The van der Waals surface area contributed by atoms with Crippen molar-refractivity contribution in [2.75, 3.05) is 11.9 Å². The summed E-state index contributed by atoms with van der Waals surface area (Å²) in [5.74, 6) is -0.192. The molecule has 10 heteroatoms. The first kappa shape index (κ1) is 23.0. The summed E-state index contributed by atoms with van der Waals surface area (Å²) >= 11 is 7.27. The summed E-state index contributed by atoms with van der Waals surface area (Å²) in [7, 11) is 0. The summed E-state index contributed by atoms with van der Waals surface area (Å²) in [6.07, 6.45) is 9.84. The Kier molecular flexibility index (Phi) is 6.65. The van der Waals surface area contributed by atoms with Crippen LogP contribution in [0.15, 0.2) is 35.5 Å². The Morgan fingerprint density at radius 3 is 2.65 bits per heavy atom. The van der Waals surface area contributed by atoms with Crippen molar-refractivity contribution in [1.29, 1.82) is 0 Å². The molecule has 1 aromatic carbocycles. The van der Waals surface area contributed by atoms with Crippen molar-refractivity contribution < 1.29 is 9.59 Å². The highest BCUT2D eigenvalue weighted by molar-refractivity contribution is 7.19. The summed E-state index contributed by atoms with van der Waals surface area (Å²) in [6.45, 7) is 0.216. The zero-order chi connectivity index (χ0) is 23.7. The highest BCUT2D eigenvalue weighted by Gasteiger charge is 2.31.